The van der Waals surface area contributed by atoms with E-state index in [1.807, 2.05) is 19.9 Å². The number of guanidine groups is 1. The number of rotatable bonds is 3. The molecule has 2 aliphatic rings. The molecule has 0 bridgehead atoms. The van der Waals surface area contributed by atoms with Gasteiger partial charge in [-0.25, -0.2) is 0 Å². The predicted octanol–water partition coefficient (Wildman–Crippen LogP) is 1.30. The largest absolute Gasteiger partial charge is 0.322 e. The first kappa shape index (κ1) is 10.2. The van der Waals surface area contributed by atoms with Gasteiger partial charge in [-0.2, -0.15) is 0 Å². The lowest BCUT2D eigenvalue weighted by Crippen LogP contribution is -2.33. The van der Waals surface area contributed by atoms with E-state index < -0.39 is 0 Å². The molecule has 0 radical (unpaired) electrons. The summed E-state index contributed by atoms with van der Waals surface area (Å²) in [5.74, 6) is 1.14. The summed E-state index contributed by atoms with van der Waals surface area (Å²) < 4.78 is 0. The second-order valence-corrected chi connectivity index (χ2v) is 4.66. The lowest BCUT2D eigenvalue weighted by Gasteiger charge is -2.12. The van der Waals surface area contributed by atoms with Crippen LogP contribution in [0.2, 0.25) is 0 Å². The smallest absolute Gasteiger partial charge is 0.276 e. The van der Waals surface area contributed by atoms with Crippen molar-refractivity contribution < 1.29 is 4.79 Å². The van der Waals surface area contributed by atoms with E-state index in [1.165, 1.54) is 12.8 Å². The van der Waals surface area contributed by atoms with Crippen molar-refractivity contribution in [1.82, 2.24) is 10.2 Å². The van der Waals surface area contributed by atoms with Gasteiger partial charge in [0.1, 0.15) is 5.70 Å². The maximum absolute atomic E-state index is 11.9. The summed E-state index contributed by atoms with van der Waals surface area (Å²) in [5, 5.41) is 10.5. The van der Waals surface area contributed by atoms with E-state index in [1.54, 1.807) is 4.90 Å². The fourth-order valence-electron chi connectivity index (χ4n) is 1.67. The molecule has 1 aliphatic heterocycles. The molecule has 15 heavy (non-hydrogen) atoms. The van der Waals surface area contributed by atoms with Gasteiger partial charge in [0, 0.05) is 6.54 Å². The summed E-state index contributed by atoms with van der Waals surface area (Å²) in [6.45, 7) is 4.75. The standard InChI is InChI=1S/C11H17N3O/c1-7(2)5-9-10(15)14(11(12)13-9)6-8-3-4-8/h5,7-8H,3-4,6H2,1-2H3,(H2,12,13)/b9-5-. The van der Waals surface area contributed by atoms with E-state index in [-0.39, 0.29) is 11.9 Å². The van der Waals surface area contributed by atoms with E-state index in [0.29, 0.717) is 24.1 Å². The normalized spacial score (nSPS) is 24.2. The fourth-order valence-corrected chi connectivity index (χ4v) is 1.67. The Balaban J connectivity index is 2.07. The van der Waals surface area contributed by atoms with Crippen molar-refractivity contribution in [3.63, 3.8) is 0 Å². The van der Waals surface area contributed by atoms with Gasteiger partial charge in [0.2, 0.25) is 5.96 Å². The zero-order valence-electron chi connectivity index (χ0n) is 9.21. The summed E-state index contributed by atoms with van der Waals surface area (Å²) in [5.41, 5.74) is 0.565. The SMILES string of the molecule is CC(C)/C=C1\NC(=N)N(CC2CC2)C1=O. The first-order valence-electron chi connectivity index (χ1n) is 5.47. The molecule has 1 aliphatic carbocycles. The van der Waals surface area contributed by atoms with E-state index in [9.17, 15) is 4.79 Å². The van der Waals surface area contributed by atoms with Gasteiger partial charge in [0.25, 0.3) is 5.91 Å². The number of allylic oxidation sites excluding steroid dienone is 1. The number of nitrogens with zero attached hydrogens (tertiary/aromatic N) is 1. The number of carbonyl (C=O) groups excluding carboxylic acids is 1. The summed E-state index contributed by atoms with van der Waals surface area (Å²) in [6.07, 6.45) is 4.27. The van der Waals surface area contributed by atoms with E-state index in [4.69, 9.17) is 5.41 Å². The quantitative estimate of drug-likeness (QED) is 0.685. The van der Waals surface area contributed by atoms with E-state index >= 15 is 0 Å². The van der Waals surface area contributed by atoms with Crippen LogP contribution in [-0.2, 0) is 4.79 Å². The molecule has 1 saturated heterocycles. The molecule has 1 saturated carbocycles. The van der Waals surface area contributed by atoms with E-state index in [2.05, 4.69) is 5.32 Å². The molecule has 0 spiro atoms. The summed E-state index contributed by atoms with van der Waals surface area (Å²) in [4.78, 5) is 13.4. The highest BCUT2D eigenvalue weighted by atomic mass is 16.2. The van der Waals surface area contributed by atoms with Crippen molar-refractivity contribution in [1.29, 1.82) is 5.41 Å². The monoisotopic (exact) mass is 207 g/mol. The molecule has 2 fully saturated rings. The van der Waals surface area contributed by atoms with Gasteiger partial charge in [-0.1, -0.05) is 19.9 Å². The lowest BCUT2D eigenvalue weighted by molar-refractivity contribution is -0.122. The van der Waals surface area contributed by atoms with E-state index in [0.717, 1.165) is 0 Å². The Kier molecular flexibility index (Phi) is 2.50. The molecule has 4 nitrogen and oxygen atoms in total. The van der Waals surface area contributed by atoms with Crippen LogP contribution in [0.25, 0.3) is 0 Å². The maximum Gasteiger partial charge on any atom is 0.276 e. The summed E-state index contributed by atoms with van der Waals surface area (Å²) in [6, 6.07) is 0. The molecule has 0 aromatic heterocycles. The molecule has 0 unspecified atom stereocenters. The van der Waals surface area contributed by atoms with Gasteiger partial charge < -0.3 is 5.32 Å². The van der Waals surface area contributed by atoms with Crippen LogP contribution in [0.3, 0.4) is 0 Å². The van der Waals surface area contributed by atoms with Crippen molar-refractivity contribution in [2.24, 2.45) is 11.8 Å². The zero-order chi connectivity index (χ0) is 11.0. The fraction of sp³-hybridized carbons (Fsp3) is 0.636. The van der Waals surface area contributed by atoms with Gasteiger partial charge >= 0.3 is 0 Å². The highest BCUT2D eigenvalue weighted by Gasteiger charge is 2.35. The van der Waals surface area contributed by atoms with Crippen LogP contribution in [0.15, 0.2) is 11.8 Å². The van der Waals surface area contributed by atoms with Crippen molar-refractivity contribution in [2.45, 2.75) is 26.7 Å². The van der Waals surface area contributed by atoms with Gasteiger partial charge in [0.05, 0.1) is 0 Å². The second-order valence-electron chi connectivity index (χ2n) is 4.66. The third-order valence-corrected chi connectivity index (χ3v) is 2.64. The molecule has 4 heteroatoms. The summed E-state index contributed by atoms with van der Waals surface area (Å²) in [7, 11) is 0. The Morgan fingerprint density at radius 2 is 2.27 bits per heavy atom. The van der Waals surface area contributed by atoms with Crippen LogP contribution >= 0.6 is 0 Å². The molecule has 0 aromatic carbocycles. The second kappa shape index (κ2) is 3.68. The van der Waals surface area contributed by atoms with Crippen LogP contribution in [0, 0.1) is 17.2 Å². The number of hydrogen-bond donors (Lipinski definition) is 2. The average Bonchev–Trinajstić information content (AvgIpc) is 2.90. The Bertz CT molecular complexity index is 329. The first-order valence-corrected chi connectivity index (χ1v) is 5.47. The Morgan fingerprint density at radius 3 is 2.80 bits per heavy atom. The Hall–Kier alpha value is -1.32. The number of amides is 1. The van der Waals surface area contributed by atoms with Crippen molar-refractivity contribution in [2.75, 3.05) is 6.54 Å². The Labute approximate surface area is 89.8 Å². The summed E-state index contributed by atoms with van der Waals surface area (Å²) >= 11 is 0. The number of hydrogen-bond acceptors (Lipinski definition) is 2. The lowest BCUT2D eigenvalue weighted by atomic mass is 10.2. The van der Waals surface area contributed by atoms with Crippen LogP contribution in [-0.4, -0.2) is 23.3 Å². The minimum Gasteiger partial charge on any atom is -0.322 e. The molecule has 0 atom stereocenters. The van der Waals surface area contributed by atoms with Crippen LogP contribution in [0.4, 0.5) is 0 Å². The van der Waals surface area contributed by atoms with Crippen molar-refractivity contribution >= 4 is 11.9 Å². The molecular weight excluding hydrogens is 190 g/mol. The maximum atomic E-state index is 11.9. The molecule has 2 rings (SSSR count). The molecule has 2 N–H and O–H groups in total. The van der Waals surface area contributed by atoms with Crippen molar-refractivity contribution in [3.8, 4) is 0 Å². The van der Waals surface area contributed by atoms with Gasteiger partial charge in [-0.05, 0) is 24.7 Å². The molecule has 0 aromatic rings. The highest BCUT2D eigenvalue weighted by molar-refractivity contribution is 6.12. The minimum absolute atomic E-state index is 0.0411. The van der Waals surface area contributed by atoms with Crippen LogP contribution in [0.1, 0.15) is 26.7 Å². The van der Waals surface area contributed by atoms with Crippen molar-refractivity contribution in [3.05, 3.63) is 11.8 Å². The highest BCUT2D eigenvalue weighted by Crippen LogP contribution is 2.30. The molecule has 82 valence electrons. The average molecular weight is 207 g/mol. The number of nitrogens with one attached hydrogen (secondary N) is 2. The molecular formula is C11H17N3O. The predicted molar refractivity (Wildman–Crippen MR) is 58.2 cm³/mol. The molecule has 1 amide bonds. The van der Waals surface area contributed by atoms with Crippen LogP contribution < -0.4 is 5.32 Å². The van der Waals surface area contributed by atoms with Gasteiger partial charge in [-0.3, -0.25) is 15.1 Å². The van der Waals surface area contributed by atoms with Gasteiger partial charge in [-0.15, -0.1) is 0 Å². The third-order valence-electron chi connectivity index (χ3n) is 2.64. The van der Waals surface area contributed by atoms with Crippen LogP contribution in [0.5, 0.6) is 0 Å². The topological polar surface area (TPSA) is 56.2 Å². The third kappa shape index (κ3) is 2.19. The zero-order valence-corrected chi connectivity index (χ0v) is 9.21. The Morgan fingerprint density at radius 1 is 1.60 bits per heavy atom. The molecule has 1 heterocycles. The first-order chi connectivity index (χ1) is 7.08. The van der Waals surface area contributed by atoms with Gasteiger partial charge in [0.15, 0.2) is 0 Å². The number of carbonyl (C=O) groups is 1. The minimum atomic E-state index is -0.0411.